The fourth-order valence-corrected chi connectivity index (χ4v) is 2.36. The molecule has 1 rings (SSSR count). The highest BCUT2D eigenvalue weighted by Crippen LogP contribution is 2.19. The van der Waals surface area contributed by atoms with E-state index in [9.17, 15) is 9.59 Å². The van der Waals surface area contributed by atoms with Gasteiger partial charge in [0.2, 0.25) is 5.91 Å². The summed E-state index contributed by atoms with van der Waals surface area (Å²) >= 11 is 0. The van der Waals surface area contributed by atoms with E-state index in [-0.39, 0.29) is 17.7 Å². The van der Waals surface area contributed by atoms with E-state index in [4.69, 9.17) is 4.74 Å². The predicted octanol–water partition coefficient (Wildman–Crippen LogP) is 0.583. The molecule has 1 aliphatic rings. The maximum atomic E-state index is 11.7. The van der Waals surface area contributed by atoms with Gasteiger partial charge in [-0.2, -0.15) is 0 Å². The predicted molar refractivity (Wildman–Crippen MR) is 69.4 cm³/mol. The number of methoxy groups -OCH3 is 1. The van der Waals surface area contributed by atoms with Crippen LogP contribution in [-0.2, 0) is 14.3 Å². The summed E-state index contributed by atoms with van der Waals surface area (Å²) in [5.74, 6) is 0.217. The van der Waals surface area contributed by atoms with Crippen molar-refractivity contribution in [3.8, 4) is 0 Å². The van der Waals surface area contributed by atoms with Gasteiger partial charge < -0.3 is 10.1 Å². The van der Waals surface area contributed by atoms with Crippen LogP contribution in [0.25, 0.3) is 0 Å². The molecule has 1 heterocycles. The lowest BCUT2D eigenvalue weighted by Gasteiger charge is -2.34. The van der Waals surface area contributed by atoms with E-state index in [1.807, 2.05) is 0 Å². The number of Topliss-reactive ketones (excluding diaryl/α,β-unsaturated/α-hetero) is 1. The van der Waals surface area contributed by atoms with Crippen molar-refractivity contribution < 1.29 is 14.3 Å². The summed E-state index contributed by atoms with van der Waals surface area (Å²) < 4.78 is 4.88. The van der Waals surface area contributed by atoms with Crippen molar-refractivity contribution in [3.05, 3.63) is 0 Å². The first-order chi connectivity index (χ1) is 8.63. The first-order valence-electron chi connectivity index (χ1n) is 6.62. The monoisotopic (exact) mass is 256 g/mol. The second-order valence-electron chi connectivity index (χ2n) is 4.87. The van der Waals surface area contributed by atoms with Gasteiger partial charge in [-0.3, -0.25) is 14.5 Å². The lowest BCUT2D eigenvalue weighted by atomic mass is 9.98. The third-order valence-corrected chi connectivity index (χ3v) is 3.25. The van der Waals surface area contributed by atoms with Gasteiger partial charge >= 0.3 is 0 Å². The average Bonchev–Trinajstić information content (AvgIpc) is 2.31. The van der Waals surface area contributed by atoms with Crippen molar-refractivity contribution in [3.63, 3.8) is 0 Å². The summed E-state index contributed by atoms with van der Waals surface area (Å²) in [5.41, 5.74) is 0. The van der Waals surface area contributed by atoms with E-state index in [0.29, 0.717) is 26.1 Å². The molecule has 5 heteroatoms. The molecule has 5 nitrogen and oxygen atoms in total. The molecule has 1 amide bonds. The Morgan fingerprint density at radius 1 is 1.39 bits per heavy atom. The maximum absolute atomic E-state index is 11.7. The number of likely N-dealkylation sites (tertiary alicyclic amines) is 1. The average molecular weight is 256 g/mol. The molecular weight excluding hydrogens is 232 g/mol. The highest BCUT2D eigenvalue weighted by Gasteiger charge is 2.24. The molecule has 1 unspecified atom stereocenters. The summed E-state index contributed by atoms with van der Waals surface area (Å²) in [6.07, 6.45) is 3.84. The Morgan fingerprint density at radius 2 is 2.17 bits per heavy atom. The summed E-state index contributed by atoms with van der Waals surface area (Å²) in [5, 5.41) is 2.81. The molecule has 18 heavy (non-hydrogen) atoms. The fourth-order valence-electron chi connectivity index (χ4n) is 2.36. The third-order valence-electron chi connectivity index (χ3n) is 3.25. The van der Waals surface area contributed by atoms with E-state index in [1.165, 1.54) is 0 Å². The largest absolute Gasteiger partial charge is 0.383 e. The smallest absolute Gasteiger partial charge is 0.234 e. The lowest BCUT2D eigenvalue weighted by molar-refractivity contribution is -0.125. The molecule has 0 aromatic rings. The topological polar surface area (TPSA) is 58.6 Å². The third kappa shape index (κ3) is 5.60. The highest BCUT2D eigenvalue weighted by atomic mass is 16.5. The number of amides is 1. The molecule has 1 saturated heterocycles. The number of ether oxygens (including phenoxy) is 1. The van der Waals surface area contributed by atoms with Crippen LogP contribution in [0.4, 0.5) is 0 Å². The van der Waals surface area contributed by atoms with Gasteiger partial charge in [0.15, 0.2) is 0 Å². The number of rotatable bonds is 7. The zero-order valence-electron chi connectivity index (χ0n) is 11.4. The second-order valence-corrected chi connectivity index (χ2v) is 4.87. The number of carbonyl (C=O) groups is 2. The molecule has 1 atom stereocenters. The second kappa shape index (κ2) is 8.21. The summed E-state index contributed by atoms with van der Waals surface area (Å²) in [4.78, 5) is 25.1. The van der Waals surface area contributed by atoms with Crippen molar-refractivity contribution in [1.82, 2.24) is 10.2 Å². The Hall–Kier alpha value is -0.940. The van der Waals surface area contributed by atoms with E-state index >= 15 is 0 Å². The van der Waals surface area contributed by atoms with Gasteiger partial charge in [0.1, 0.15) is 5.78 Å². The van der Waals surface area contributed by atoms with Crippen LogP contribution in [0.2, 0.25) is 0 Å². The van der Waals surface area contributed by atoms with E-state index in [2.05, 4.69) is 10.2 Å². The van der Waals surface area contributed by atoms with Gasteiger partial charge in [0.05, 0.1) is 13.2 Å². The number of nitrogens with one attached hydrogen (secondary N) is 1. The van der Waals surface area contributed by atoms with Gasteiger partial charge in [-0.05, 0) is 26.3 Å². The van der Waals surface area contributed by atoms with Crippen LogP contribution in [0.5, 0.6) is 0 Å². The molecule has 1 fully saturated rings. The SMILES string of the molecule is COCCNC(=O)CN1CCCCC1CC(C)=O. The van der Waals surface area contributed by atoms with Crippen molar-refractivity contribution in [2.24, 2.45) is 0 Å². The zero-order valence-corrected chi connectivity index (χ0v) is 11.4. The molecule has 0 spiro atoms. The maximum Gasteiger partial charge on any atom is 0.234 e. The van der Waals surface area contributed by atoms with Crippen LogP contribution >= 0.6 is 0 Å². The van der Waals surface area contributed by atoms with Gasteiger partial charge in [0.25, 0.3) is 0 Å². The van der Waals surface area contributed by atoms with Crippen LogP contribution in [0.1, 0.15) is 32.6 Å². The Bertz CT molecular complexity index is 281. The Morgan fingerprint density at radius 3 is 2.83 bits per heavy atom. The number of hydrogen-bond donors (Lipinski definition) is 1. The summed E-state index contributed by atoms with van der Waals surface area (Å²) in [6, 6.07) is 0.240. The molecule has 0 aliphatic carbocycles. The molecule has 0 radical (unpaired) electrons. The van der Waals surface area contributed by atoms with Crippen molar-refractivity contribution in [2.45, 2.75) is 38.6 Å². The van der Waals surface area contributed by atoms with Crippen molar-refractivity contribution >= 4 is 11.7 Å². The van der Waals surface area contributed by atoms with E-state index in [0.717, 1.165) is 25.8 Å². The fraction of sp³-hybridized carbons (Fsp3) is 0.846. The Labute approximate surface area is 109 Å². The first kappa shape index (κ1) is 15.1. The van der Waals surface area contributed by atoms with Crippen LogP contribution in [0.15, 0.2) is 0 Å². The normalized spacial score (nSPS) is 20.7. The molecule has 1 aliphatic heterocycles. The minimum Gasteiger partial charge on any atom is -0.383 e. The number of carbonyl (C=O) groups excluding carboxylic acids is 2. The summed E-state index contributed by atoms with van der Waals surface area (Å²) in [6.45, 7) is 3.99. The minimum atomic E-state index is 0.0162. The van der Waals surface area contributed by atoms with Gasteiger partial charge in [-0.15, -0.1) is 0 Å². The van der Waals surface area contributed by atoms with Gasteiger partial charge in [0, 0.05) is 26.1 Å². The Balaban J connectivity index is 2.36. The molecule has 104 valence electrons. The standard InChI is InChI=1S/C13H24N2O3/c1-11(16)9-12-5-3-4-7-15(12)10-13(17)14-6-8-18-2/h12H,3-10H2,1-2H3,(H,14,17). The van der Waals surface area contributed by atoms with Crippen LogP contribution < -0.4 is 5.32 Å². The molecule has 1 N–H and O–H groups in total. The molecule has 0 aromatic carbocycles. The number of piperidine rings is 1. The number of ketones is 1. The number of nitrogens with zero attached hydrogens (tertiary/aromatic N) is 1. The number of hydrogen-bond acceptors (Lipinski definition) is 4. The van der Waals surface area contributed by atoms with E-state index in [1.54, 1.807) is 14.0 Å². The van der Waals surface area contributed by atoms with Gasteiger partial charge in [-0.25, -0.2) is 0 Å². The van der Waals surface area contributed by atoms with Crippen LogP contribution in [-0.4, -0.2) is 56.0 Å². The Kier molecular flexibility index (Phi) is 6.90. The molecule has 0 saturated carbocycles. The van der Waals surface area contributed by atoms with Crippen LogP contribution in [0.3, 0.4) is 0 Å². The molecule has 0 bridgehead atoms. The van der Waals surface area contributed by atoms with Crippen molar-refractivity contribution in [1.29, 1.82) is 0 Å². The molecule has 0 aromatic heterocycles. The first-order valence-corrected chi connectivity index (χ1v) is 6.62. The minimum absolute atomic E-state index is 0.0162. The molecular formula is C13H24N2O3. The van der Waals surface area contributed by atoms with E-state index < -0.39 is 0 Å². The zero-order chi connectivity index (χ0) is 13.4. The van der Waals surface area contributed by atoms with Crippen LogP contribution in [0, 0.1) is 0 Å². The lowest BCUT2D eigenvalue weighted by Crippen LogP contribution is -2.46. The highest BCUT2D eigenvalue weighted by molar-refractivity contribution is 5.78. The van der Waals surface area contributed by atoms with Gasteiger partial charge in [-0.1, -0.05) is 6.42 Å². The summed E-state index contributed by atoms with van der Waals surface area (Å²) in [7, 11) is 1.61. The quantitative estimate of drug-likeness (QED) is 0.677. The van der Waals surface area contributed by atoms with Crippen molar-refractivity contribution in [2.75, 3.05) is 33.4 Å².